The molecule has 0 radical (unpaired) electrons. The van der Waals surface area contributed by atoms with Crippen molar-refractivity contribution >= 4 is 39.1 Å². The Hall–Kier alpha value is -7.76. The van der Waals surface area contributed by atoms with Crippen LogP contribution in [0.15, 0.2) is 216 Å². The van der Waals surface area contributed by atoms with Crippen molar-refractivity contribution < 1.29 is 0 Å². The molecule has 1 atom stereocenters. The van der Waals surface area contributed by atoms with Crippen LogP contribution in [-0.4, -0.2) is 32.0 Å². The summed E-state index contributed by atoms with van der Waals surface area (Å²) in [5.74, 6) is 2.27. The lowest BCUT2D eigenvalue weighted by Gasteiger charge is -2.19. The summed E-state index contributed by atoms with van der Waals surface area (Å²) in [7, 11) is 0. The van der Waals surface area contributed by atoms with Crippen LogP contribution in [0.2, 0.25) is 0 Å². The predicted molar refractivity (Wildman–Crippen MR) is 239 cm³/mol. The number of fused-ring (bicyclic) bond motifs is 4. The molecule has 1 unspecified atom stereocenters. The molecule has 11 rings (SSSR count). The topological polar surface area (TPSA) is 54.9 Å². The SMILES string of the molecule is C1=C(c2ccccc2)C=C(c2ccccc2)C2=NC(c3ccc(-c4cccc(-c5nc(-c6ccccc6)nc6c7ccccc7c(-c7ccccc7)n56)c4)cc3)=NC12. The van der Waals surface area contributed by atoms with Gasteiger partial charge in [0.15, 0.2) is 11.7 Å². The zero-order valence-electron chi connectivity index (χ0n) is 31.4. The number of nitrogens with zero attached hydrogens (tertiary/aromatic N) is 5. The molecule has 0 amide bonds. The summed E-state index contributed by atoms with van der Waals surface area (Å²) in [6.45, 7) is 0. The summed E-state index contributed by atoms with van der Waals surface area (Å²) in [4.78, 5) is 20.9. The third kappa shape index (κ3) is 5.89. The van der Waals surface area contributed by atoms with E-state index in [4.69, 9.17) is 20.0 Å². The van der Waals surface area contributed by atoms with E-state index in [1.807, 2.05) is 24.3 Å². The van der Waals surface area contributed by atoms with Crippen LogP contribution in [0.1, 0.15) is 16.7 Å². The number of hydrogen-bond donors (Lipinski definition) is 0. The van der Waals surface area contributed by atoms with Crippen molar-refractivity contribution in [2.24, 2.45) is 9.98 Å². The van der Waals surface area contributed by atoms with E-state index in [1.54, 1.807) is 0 Å². The normalized spacial score (nSPS) is 14.8. The molecular weight excluding hydrogens is 707 g/mol. The molecule has 0 saturated carbocycles. The second-order valence-corrected chi connectivity index (χ2v) is 14.6. The minimum absolute atomic E-state index is 0.154. The highest BCUT2D eigenvalue weighted by Crippen LogP contribution is 2.39. The first kappa shape index (κ1) is 33.6. The van der Waals surface area contributed by atoms with Crippen LogP contribution in [0.25, 0.3) is 72.7 Å². The van der Waals surface area contributed by atoms with E-state index in [1.165, 1.54) is 5.56 Å². The molecule has 272 valence electrons. The van der Waals surface area contributed by atoms with Crippen LogP contribution in [0.5, 0.6) is 0 Å². The second kappa shape index (κ2) is 14.1. The molecule has 1 aliphatic carbocycles. The van der Waals surface area contributed by atoms with E-state index in [9.17, 15) is 0 Å². The van der Waals surface area contributed by atoms with Gasteiger partial charge in [-0.15, -0.1) is 0 Å². The van der Waals surface area contributed by atoms with Gasteiger partial charge in [-0.05, 0) is 51.6 Å². The molecule has 0 bridgehead atoms. The summed E-state index contributed by atoms with van der Waals surface area (Å²) in [5, 5.41) is 2.22. The molecule has 58 heavy (non-hydrogen) atoms. The maximum absolute atomic E-state index is 5.32. The van der Waals surface area contributed by atoms with Gasteiger partial charge in [-0.3, -0.25) is 9.39 Å². The van der Waals surface area contributed by atoms with Crippen LogP contribution in [0, 0.1) is 0 Å². The van der Waals surface area contributed by atoms with Crippen molar-refractivity contribution in [1.29, 1.82) is 0 Å². The van der Waals surface area contributed by atoms with E-state index in [0.717, 1.165) is 89.6 Å². The molecule has 9 aromatic rings. The summed E-state index contributed by atoms with van der Waals surface area (Å²) in [5.41, 5.74) is 13.8. The third-order valence-electron chi connectivity index (χ3n) is 11.0. The summed E-state index contributed by atoms with van der Waals surface area (Å²) in [6.07, 6.45) is 4.49. The van der Waals surface area contributed by atoms with Crippen molar-refractivity contribution in [1.82, 2.24) is 14.4 Å². The maximum Gasteiger partial charge on any atom is 0.163 e. The highest BCUT2D eigenvalue weighted by molar-refractivity contribution is 6.35. The molecule has 1 aliphatic heterocycles. The first-order valence-corrected chi connectivity index (χ1v) is 19.6. The monoisotopic (exact) mass is 741 g/mol. The Bertz CT molecular complexity index is 3120. The average Bonchev–Trinajstić information content (AvgIpc) is 3.89. The third-order valence-corrected chi connectivity index (χ3v) is 11.0. The standard InChI is InChI=1S/C53H35N5/c1-5-16-35(17-6-1)43-33-46(37-18-7-2-8-19-37)48-47(34-43)54-50(55-48)40-30-28-36(29-31-40)41-24-15-25-42(32-41)52-56-51(39-22-11-4-12-23-39)57-53-45-27-14-13-26-44(45)49(58(52)53)38-20-9-3-10-21-38/h1-34,47H. The lowest BCUT2D eigenvalue weighted by atomic mass is 9.87. The second-order valence-electron chi connectivity index (χ2n) is 14.6. The minimum atomic E-state index is -0.154. The highest BCUT2D eigenvalue weighted by Gasteiger charge is 2.29. The highest BCUT2D eigenvalue weighted by atomic mass is 15.1. The molecule has 3 heterocycles. The fourth-order valence-corrected chi connectivity index (χ4v) is 8.25. The molecule has 0 spiro atoms. The molecule has 0 N–H and O–H groups in total. The van der Waals surface area contributed by atoms with Crippen LogP contribution in [0.4, 0.5) is 0 Å². The van der Waals surface area contributed by atoms with Gasteiger partial charge in [0.2, 0.25) is 0 Å². The Labute approximate surface area is 336 Å². The number of benzene rings is 7. The molecule has 0 saturated heterocycles. The number of rotatable bonds is 7. The van der Waals surface area contributed by atoms with E-state index < -0.39 is 0 Å². The molecule has 7 aromatic carbocycles. The van der Waals surface area contributed by atoms with Gasteiger partial charge in [-0.2, -0.15) is 0 Å². The first-order chi connectivity index (χ1) is 28.7. The number of allylic oxidation sites excluding steroid dienone is 2. The van der Waals surface area contributed by atoms with Gasteiger partial charge in [0.05, 0.1) is 11.4 Å². The molecule has 2 aromatic heterocycles. The van der Waals surface area contributed by atoms with Gasteiger partial charge < -0.3 is 0 Å². The van der Waals surface area contributed by atoms with E-state index >= 15 is 0 Å². The van der Waals surface area contributed by atoms with Gasteiger partial charge in [0.1, 0.15) is 17.5 Å². The van der Waals surface area contributed by atoms with Crippen molar-refractivity contribution in [3.05, 3.63) is 223 Å². The van der Waals surface area contributed by atoms with Crippen LogP contribution in [-0.2, 0) is 0 Å². The summed E-state index contributed by atoms with van der Waals surface area (Å²) in [6, 6.07) is 67.4. The van der Waals surface area contributed by atoms with E-state index in [-0.39, 0.29) is 6.04 Å². The lowest BCUT2D eigenvalue weighted by molar-refractivity contribution is 1.05. The number of hydrogen-bond acceptors (Lipinski definition) is 4. The Balaban J connectivity index is 0.996. The molecule has 2 aliphatic rings. The van der Waals surface area contributed by atoms with Crippen LogP contribution < -0.4 is 0 Å². The van der Waals surface area contributed by atoms with E-state index in [2.05, 4.69) is 186 Å². The van der Waals surface area contributed by atoms with Crippen molar-refractivity contribution in [3.63, 3.8) is 0 Å². The van der Waals surface area contributed by atoms with Gasteiger partial charge in [-0.1, -0.05) is 188 Å². The largest absolute Gasteiger partial charge is 0.277 e. The van der Waals surface area contributed by atoms with Crippen LogP contribution in [0.3, 0.4) is 0 Å². The first-order valence-electron chi connectivity index (χ1n) is 19.6. The zero-order chi connectivity index (χ0) is 38.4. The van der Waals surface area contributed by atoms with Gasteiger partial charge in [0.25, 0.3) is 0 Å². The molecular formula is C53H35N5. The fourth-order valence-electron chi connectivity index (χ4n) is 8.25. The minimum Gasteiger partial charge on any atom is -0.277 e. The van der Waals surface area contributed by atoms with Crippen LogP contribution >= 0.6 is 0 Å². The predicted octanol–water partition coefficient (Wildman–Crippen LogP) is 12.3. The Morgan fingerprint density at radius 3 is 1.71 bits per heavy atom. The quantitative estimate of drug-likeness (QED) is 0.163. The average molecular weight is 742 g/mol. The Kier molecular flexibility index (Phi) is 8.14. The van der Waals surface area contributed by atoms with Gasteiger partial charge >= 0.3 is 0 Å². The Morgan fingerprint density at radius 1 is 0.431 bits per heavy atom. The molecule has 5 heteroatoms. The maximum atomic E-state index is 5.32. The fraction of sp³-hybridized carbons (Fsp3) is 0.0189. The van der Waals surface area contributed by atoms with E-state index in [0.29, 0.717) is 5.82 Å². The van der Waals surface area contributed by atoms with Crippen molar-refractivity contribution in [3.8, 4) is 45.2 Å². The zero-order valence-corrected chi connectivity index (χ0v) is 31.4. The molecule has 0 fully saturated rings. The lowest BCUT2D eigenvalue weighted by Crippen LogP contribution is -2.18. The summed E-state index contributed by atoms with van der Waals surface area (Å²) >= 11 is 0. The summed E-state index contributed by atoms with van der Waals surface area (Å²) < 4.78 is 2.24. The van der Waals surface area contributed by atoms with Crippen molar-refractivity contribution in [2.75, 3.05) is 0 Å². The number of aromatic nitrogens is 3. The number of aliphatic imine (C=N–C) groups is 2. The van der Waals surface area contributed by atoms with Gasteiger partial charge in [-0.25, -0.2) is 15.0 Å². The van der Waals surface area contributed by atoms with Gasteiger partial charge in [0, 0.05) is 33.0 Å². The smallest absolute Gasteiger partial charge is 0.163 e. The Morgan fingerprint density at radius 2 is 1.00 bits per heavy atom. The molecule has 5 nitrogen and oxygen atoms in total. The van der Waals surface area contributed by atoms with Crippen molar-refractivity contribution in [2.45, 2.75) is 6.04 Å². The number of amidine groups is 1.